The van der Waals surface area contributed by atoms with Gasteiger partial charge in [0.1, 0.15) is 17.0 Å². The minimum atomic E-state index is 0.104. The minimum Gasteiger partial charge on any atom is -0.356 e. The van der Waals surface area contributed by atoms with E-state index in [1.807, 2.05) is 0 Å². The molecule has 1 N–H and O–H groups in total. The second-order valence-electron chi connectivity index (χ2n) is 7.04. The molecule has 0 aliphatic carbocycles. The Morgan fingerprint density at radius 3 is 2.85 bits per heavy atom. The lowest BCUT2D eigenvalue weighted by Gasteiger charge is -2.32. The number of carbonyl (C=O) groups excluding carboxylic acids is 1. The molecular formula is C20H24N4OS2. The van der Waals surface area contributed by atoms with Crippen molar-refractivity contribution in [3.05, 3.63) is 39.2 Å². The maximum atomic E-state index is 12.5. The molecule has 1 saturated heterocycles. The van der Waals surface area contributed by atoms with Crippen LogP contribution >= 0.6 is 22.7 Å². The van der Waals surface area contributed by atoms with Crippen molar-refractivity contribution in [2.24, 2.45) is 5.92 Å². The summed E-state index contributed by atoms with van der Waals surface area (Å²) in [6.07, 6.45) is 4.32. The Morgan fingerprint density at radius 1 is 1.30 bits per heavy atom. The maximum absolute atomic E-state index is 12.5. The van der Waals surface area contributed by atoms with Crippen LogP contribution in [-0.2, 0) is 11.2 Å². The number of nitrogens with zero attached hydrogens (tertiary/aromatic N) is 3. The molecule has 0 radical (unpaired) electrons. The van der Waals surface area contributed by atoms with Crippen LogP contribution in [-0.4, -0.2) is 35.5 Å². The van der Waals surface area contributed by atoms with E-state index in [1.165, 1.54) is 20.7 Å². The van der Waals surface area contributed by atoms with Crippen LogP contribution in [0.25, 0.3) is 10.2 Å². The standard InChI is InChI=1S/C20H24N4OS2/c1-13-14(2)27-20-17(13)18(22-12-23-20)24-9-6-15(7-10-24)19(25)21-8-5-16-4-3-11-26-16/h3-4,11-12,15H,5-10H2,1-2H3,(H,21,25). The van der Waals surface area contributed by atoms with Gasteiger partial charge in [0.05, 0.1) is 5.39 Å². The number of hydrogen-bond donors (Lipinski definition) is 1. The Balaban J connectivity index is 1.36. The summed E-state index contributed by atoms with van der Waals surface area (Å²) in [6.45, 7) is 6.74. The van der Waals surface area contributed by atoms with Crippen LogP contribution in [0, 0.1) is 19.8 Å². The highest BCUT2D eigenvalue weighted by atomic mass is 32.1. The third-order valence-corrected chi connectivity index (χ3v) is 7.41. The number of carbonyl (C=O) groups is 1. The summed E-state index contributed by atoms with van der Waals surface area (Å²) in [6, 6.07) is 4.17. The topological polar surface area (TPSA) is 58.1 Å². The fraction of sp³-hybridized carbons (Fsp3) is 0.450. The molecule has 0 unspecified atom stereocenters. The van der Waals surface area contributed by atoms with Crippen molar-refractivity contribution in [3.63, 3.8) is 0 Å². The number of aryl methyl sites for hydroxylation is 2. The Labute approximate surface area is 167 Å². The molecule has 1 fully saturated rings. The lowest BCUT2D eigenvalue weighted by Crippen LogP contribution is -2.41. The van der Waals surface area contributed by atoms with Crippen LogP contribution in [0.1, 0.15) is 28.2 Å². The van der Waals surface area contributed by atoms with Crippen molar-refractivity contribution in [1.82, 2.24) is 15.3 Å². The zero-order chi connectivity index (χ0) is 18.8. The number of aromatic nitrogens is 2. The molecule has 3 aromatic heterocycles. The summed E-state index contributed by atoms with van der Waals surface area (Å²) in [5, 5.41) is 6.37. The van der Waals surface area contributed by atoms with Crippen LogP contribution in [0.15, 0.2) is 23.8 Å². The summed E-state index contributed by atoms with van der Waals surface area (Å²) < 4.78 is 0. The normalized spacial score (nSPS) is 15.4. The molecule has 4 heterocycles. The molecule has 1 aliphatic rings. The van der Waals surface area contributed by atoms with Gasteiger partial charge in [0.25, 0.3) is 0 Å². The molecule has 1 aliphatic heterocycles. The smallest absolute Gasteiger partial charge is 0.223 e. The summed E-state index contributed by atoms with van der Waals surface area (Å²) in [7, 11) is 0. The summed E-state index contributed by atoms with van der Waals surface area (Å²) >= 11 is 3.47. The number of fused-ring (bicyclic) bond motifs is 1. The van der Waals surface area contributed by atoms with Crippen molar-refractivity contribution >= 4 is 44.6 Å². The van der Waals surface area contributed by atoms with Crippen molar-refractivity contribution in [2.75, 3.05) is 24.5 Å². The van der Waals surface area contributed by atoms with E-state index in [1.54, 1.807) is 29.0 Å². The lowest BCUT2D eigenvalue weighted by atomic mass is 9.95. The van der Waals surface area contributed by atoms with E-state index in [0.29, 0.717) is 0 Å². The van der Waals surface area contributed by atoms with Gasteiger partial charge in [-0.15, -0.1) is 22.7 Å². The Hall–Kier alpha value is -1.99. The van der Waals surface area contributed by atoms with Crippen molar-refractivity contribution in [2.45, 2.75) is 33.1 Å². The molecule has 0 atom stereocenters. The molecule has 0 bridgehead atoms. The van der Waals surface area contributed by atoms with E-state index in [4.69, 9.17) is 0 Å². The first kappa shape index (κ1) is 18.4. The predicted molar refractivity (Wildman–Crippen MR) is 113 cm³/mol. The van der Waals surface area contributed by atoms with Gasteiger partial charge in [-0.2, -0.15) is 0 Å². The second kappa shape index (κ2) is 7.94. The van der Waals surface area contributed by atoms with Gasteiger partial charge in [0.2, 0.25) is 5.91 Å². The van der Waals surface area contributed by atoms with Gasteiger partial charge >= 0.3 is 0 Å². The van der Waals surface area contributed by atoms with Crippen molar-refractivity contribution < 1.29 is 4.79 Å². The van der Waals surface area contributed by atoms with Gasteiger partial charge in [-0.1, -0.05) is 6.07 Å². The maximum Gasteiger partial charge on any atom is 0.223 e. The van der Waals surface area contributed by atoms with Crippen LogP contribution in [0.2, 0.25) is 0 Å². The molecule has 0 spiro atoms. The van der Waals surface area contributed by atoms with E-state index in [0.717, 1.165) is 49.5 Å². The Morgan fingerprint density at radius 2 is 2.11 bits per heavy atom. The second-order valence-corrected chi connectivity index (χ2v) is 9.28. The number of thiophene rings is 2. The number of anilines is 1. The number of amides is 1. The molecule has 3 aromatic rings. The highest BCUT2D eigenvalue weighted by Crippen LogP contribution is 2.35. The van der Waals surface area contributed by atoms with Gasteiger partial charge in [-0.3, -0.25) is 4.79 Å². The fourth-order valence-corrected chi connectivity index (χ4v) is 5.37. The molecule has 0 aromatic carbocycles. The molecule has 0 saturated carbocycles. The van der Waals surface area contributed by atoms with E-state index in [-0.39, 0.29) is 11.8 Å². The van der Waals surface area contributed by atoms with E-state index >= 15 is 0 Å². The SMILES string of the molecule is Cc1sc2ncnc(N3CCC(C(=O)NCCc4cccs4)CC3)c2c1C. The highest BCUT2D eigenvalue weighted by Gasteiger charge is 2.27. The molecule has 142 valence electrons. The number of nitrogens with one attached hydrogen (secondary N) is 1. The van der Waals surface area contributed by atoms with Gasteiger partial charge < -0.3 is 10.2 Å². The first-order valence-corrected chi connectivity index (χ1v) is 11.1. The van der Waals surface area contributed by atoms with E-state index in [2.05, 4.69) is 51.5 Å². The summed E-state index contributed by atoms with van der Waals surface area (Å²) in [5.41, 5.74) is 1.28. The molecule has 4 rings (SSSR count). The average Bonchev–Trinajstić information content (AvgIpc) is 3.30. The minimum absolute atomic E-state index is 0.104. The summed E-state index contributed by atoms with van der Waals surface area (Å²) in [4.78, 5) is 27.5. The Bertz CT molecular complexity index is 927. The van der Waals surface area contributed by atoms with Gasteiger partial charge in [-0.25, -0.2) is 9.97 Å². The van der Waals surface area contributed by atoms with Crippen LogP contribution in [0.4, 0.5) is 5.82 Å². The molecule has 7 heteroatoms. The van der Waals surface area contributed by atoms with Gasteiger partial charge in [0.15, 0.2) is 0 Å². The number of hydrogen-bond acceptors (Lipinski definition) is 6. The molecule has 1 amide bonds. The zero-order valence-corrected chi connectivity index (χ0v) is 17.3. The van der Waals surface area contributed by atoms with E-state index in [9.17, 15) is 4.79 Å². The third-order valence-electron chi connectivity index (χ3n) is 5.36. The van der Waals surface area contributed by atoms with Gasteiger partial charge in [0, 0.05) is 35.3 Å². The fourth-order valence-electron chi connectivity index (χ4n) is 3.67. The Kier molecular flexibility index (Phi) is 5.41. The van der Waals surface area contributed by atoms with Crippen molar-refractivity contribution in [3.8, 4) is 0 Å². The lowest BCUT2D eigenvalue weighted by molar-refractivity contribution is -0.125. The quantitative estimate of drug-likeness (QED) is 0.705. The molecule has 27 heavy (non-hydrogen) atoms. The number of piperidine rings is 1. The van der Waals surface area contributed by atoms with E-state index < -0.39 is 0 Å². The molecule has 5 nitrogen and oxygen atoms in total. The van der Waals surface area contributed by atoms with Crippen LogP contribution in [0.3, 0.4) is 0 Å². The highest BCUT2D eigenvalue weighted by molar-refractivity contribution is 7.18. The first-order valence-electron chi connectivity index (χ1n) is 9.39. The zero-order valence-electron chi connectivity index (χ0n) is 15.7. The van der Waals surface area contributed by atoms with Crippen molar-refractivity contribution in [1.29, 1.82) is 0 Å². The monoisotopic (exact) mass is 400 g/mol. The van der Waals surface area contributed by atoms with Crippen LogP contribution in [0.5, 0.6) is 0 Å². The van der Waals surface area contributed by atoms with Crippen LogP contribution < -0.4 is 10.2 Å². The average molecular weight is 401 g/mol. The number of rotatable bonds is 5. The third kappa shape index (κ3) is 3.84. The first-order chi connectivity index (χ1) is 13.1. The molecular weight excluding hydrogens is 376 g/mol. The predicted octanol–water partition coefficient (Wildman–Crippen LogP) is 3.94. The largest absolute Gasteiger partial charge is 0.356 e. The van der Waals surface area contributed by atoms with Gasteiger partial charge in [-0.05, 0) is 50.1 Å². The summed E-state index contributed by atoms with van der Waals surface area (Å²) in [5.74, 6) is 1.33.